The summed E-state index contributed by atoms with van der Waals surface area (Å²) in [6, 6.07) is 3.95. The van der Waals surface area contributed by atoms with E-state index in [1.165, 1.54) is 25.3 Å². The van der Waals surface area contributed by atoms with Crippen LogP contribution in [0.2, 0.25) is 0 Å². The maximum Gasteiger partial charge on any atom is 0.387 e. The fourth-order valence-corrected chi connectivity index (χ4v) is 0.951. The molecule has 0 aromatic heterocycles. The van der Waals surface area contributed by atoms with Crippen LogP contribution in [0.1, 0.15) is 10.4 Å². The molecule has 0 fully saturated rings. The SMILES string of the molecule is COc1cc(C=O)ccc1OC(F)F.FC(F)Cl. The Balaban J connectivity index is 0.000000631. The van der Waals surface area contributed by atoms with Gasteiger partial charge in [-0.15, -0.1) is 0 Å². The summed E-state index contributed by atoms with van der Waals surface area (Å²) in [5.41, 5.74) is 0.337. The van der Waals surface area contributed by atoms with Crippen LogP contribution in [0.3, 0.4) is 0 Å². The fourth-order valence-electron chi connectivity index (χ4n) is 0.951. The highest BCUT2D eigenvalue weighted by Gasteiger charge is 2.10. The van der Waals surface area contributed by atoms with Crippen molar-refractivity contribution in [1.82, 2.24) is 0 Å². The van der Waals surface area contributed by atoms with Crippen LogP contribution in [0, 0.1) is 0 Å². The predicted octanol–water partition coefficient (Wildman–Crippen LogP) is 3.56. The number of ether oxygens (including phenoxy) is 2. The topological polar surface area (TPSA) is 35.5 Å². The summed E-state index contributed by atoms with van der Waals surface area (Å²) in [7, 11) is 1.31. The lowest BCUT2D eigenvalue weighted by molar-refractivity contribution is -0.0512. The van der Waals surface area contributed by atoms with E-state index < -0.39 is 12.5 Å². The molecule has 1 aromatic rings. The van der Waals surface area contributed by atoms with Crippen LogP contribution < -0.4 is 9.47 Å². The molecule has 0 bridgehead atoms. The molecule has 0 aliphatic rings. The highest BCUT2D eigenvalue weighted by Crippen LogP contribution is 2.28. The van der Waals surface area contributed by atoms with Crippen molar-refractivity contribution in [2.75, 3.05) is 7.11 Å². The smallest absolute Gasteiger partial charge is 0.387 e. The second-order valence-electron chi connectivity index (χ2n) is 2.65. The lowest BCUT2D eigenvalue weighted by atomic mass is 10.2. The Morgan fingerprint density at radius 3 is 2.17 bits per heavy atom. The molecule has 1 rings (SSSR count). The van der Waals surface area contributed by atoms with Crippen LogP contribution in [-0.4, -0.2) is 25.9 Å². The number of carbonyl (C=O) groups is 1. The fraction of sp³-hybridized carbons (Fsp3) is 0.300. The van der Waals surface area contributed by atoms with Crippen molar-refractivity contribution in [3.05, 3.63) is 23.8 Å². The summed E-state index contributed by atoms with van der Waals surface area (Å²) < 4.78 is 52.9. The van der Waals surface area contributed by atoms with E-state index in [1.54, 1.807) is 0 Å². The number of methoxy groups -OCH3 is 1. The van der Waals surface area contributed by atoms with Crippen LogP contribution >= 0.6 is 11.6 Å². The molecule has 0 amide bonds. The van der Waals surface area contributed by atoms with Crippen molar-refractivity contribution < 1.29 is 31.8 Å². The molecule has 0 aliphatic heterocycles. The number of rotatable bonds is 4. The molecule has 0 saturated carbocycles. The molecule has 0 atom stereocenters. The van der Waals surface area contributed by atoms with Gasteiger partial charge >= 0.3 is 12.5 Å². The van der Waals surface area contributed by atoms with E-state index in [-0.39, 0.29) is 11.5 Å². The zero-order valence-corrected chi connectivity index (χ0v) is 9.83. The van der Waals surface area contributed by atoms with Crippen LogP contribution in [0.25, 0.3) is 0 Å². The van der Waals surface area contributed by atoms with Crippen molar-refractivity contribution in [3.63, 3.8) is 0 Å². The Morgan fingerprint density at radius 1 is 1.22 bits per heavy atom. The van der Waals surface area contributed by atoms with E-state index in [4.69, 9.17) is 4.74 Å². The maximum absolute atomic E-state index is 11.9. The van der Waals surface area contributed by atoms with E-state index in [0.29, 0.717) is 11.8 Å². The molecular weight excluding hydrogens is 280 g/mol. The van der Waals surface area contributed by atoms with Gasteiger partial charge in [-0.25, -0.2) is 0 Å². The van der Waals surface area contributed by atoms with E-state index in [0.717, 1.165) is 0 Å². The first-order valence-corrected chi connectivity index (χ1v) is 4.84. The Hall–Kier alpha value is -1.50. The van der Waals surface area contributed by atoms with Crippen molar-refractivity contribution in [2.24, 2.45) is 0 Å². The molecule has 0 spiro atoms. The zero-order chi connectivity index (χ0) is 14.1. The highest BCUT2D eigenvalue weighted by atomic mass is 35.5. The standard InChI is InChI=1S/C9H8F2O3.CHClF2/c1-13-8-4-6(5-12)2-3-7(8)14-9(10)11;2-1(3)4/h2-5,9H,1H3;1H. The number of benzene rings is 1. The number of hydrogen-bond donors (Lipinski definition) is 0. The van der Waals surface area contributed by atoms with Crippen molar-refractivity contribution in [3.8, 4) is 11.5 Å². The highest BCUT2D eigenvalue weighted by molar-refractivity contribution is 6.18. The van der Waals surface area contributed by atoms with Gasteiger partial charge in [0.25, 0.3) is 0 Å². The first kappa shape index (κ1) is 16.5. The zero-order valence-electron chi connectivity index (χ0n) is 9.08. The summed E-state index contributed by atoms with van der Waals surface area (Å²) in [5.74, 6) is -2.68. The number of halogens is 5. The minimum atomic E-state index is -2.91. The molecule has 8 heteroatoms. The van der Waals surface area contributed by atoms with E-state index in [2.05, 4.69) is 16.3 Å². The lowest BCUT2D eigenvalue weighted by Crippen LogP contribution is -2.03. The van der Waals surface area contributed by atoms with Gasteiger partial charge < -0.3 is 9.47 Å². The van der Waals surface area contributed by atoms with Crippen LogP contribution in [-0.2, 0) is 0 Å². The Morgan fingerprint density at radius 2 is 1.78 bits per heavy atom. The van der Waals surface area contributed by atoms with Gasteiger partial charge in [-0.1, -0.05) is 11.6 Å². The molecule has 0 saturated heterocycles. The van der Waals surface area contributed by atoms with Crippen LogP contribution in [0.5, 0.6) is 11.5 Å². The molecular formula is C10H9ClF4O3. The number of aldehydes is 1. The Kier molecular flexibility index (Phi) is 7.86. The number of hydrogen-bond acceptors (Lipinski definition) is 3. The molecule has 0 heterocycles. The number of alkyl halides is 5. The van der Waals surface area contributed by atoms with Gasteiger partial charge in [0.1, 0.15) is 6.29 Å². The molecule has 0 radical (unpaired) electrons. The first-order valence-electron chi connectivity index (χ1n) is 4.41. The van der Waals surface area contributed by atoms with Crippen LogP contribution in [0.15, 0.2) is 18.2 Å². The first-order chi connectivity index (χ1) is 8.40. The molecule has 102 valence electrons. The predicted molar refractivity (Wildman–Crippen MR) is 56.9 cm³/mol. The van der Waals surface area contributed by atoms with E-state index in [9.17, 15) is 22.4 Å². The van der Waals surface area contributed by atoms with Gasteiger partial charge in [0.2, 0.25) is 0 Å². The Labute approximate surface area is 105 Å². The summed E-state index contributed by atoms with van der Waals surface area (Å²) in [4.78, 5) is 10.4. The minimum absolute atomic E-state index is 0.0897. The van der Waals surface area contributed by atoms with Gasteiger partial charge in [0.05, 0.1) is 7.11 Å². The van der Waals surface area contributed by atoms with Crippen molar-refractivity contribution in [1.29, 1.82) is 0 Å². The minimum Gasteiger partial charge on any atom is -0.493 e. The summed E-state index contributed by atoms with van der Waals surface area (Å²) in [6.45, 7) is -2.91. The molecule has 0 N–H and O–H groups in total. The van der Waals surface area contributed by atoms with Gasteiger partial charge in [0, 0.05) is 5.56 Å². The van der Waals surface area contributed by atoms with Gasteiger partial charge in [0.15, 0.2) is 11.5 Å². The third-order valence-electron chi connectivity index (χ3n) is 1.54. The second kappa shape index (κ2) is 8.57. The molecule has 1 aromatic carbocycles. The third kappa shape index (κ3) is 6.95. The van der Waals surface area contributed by atoms with Crippen LogP contribution in [0.4, 0.5) is 17.6 Å². The lowest BCUT2D eigenvalue weighted by Gasteiger charge is -2.09. The quantitative estimate of drug-likeness (QED) is 0.483. The van der Waals surface area contributed by atoms with Gasteiger partial charge in [-0.2, -0.15) is 17.6 Å². The van der Waals surface area contributed by atoms with Gasteiger partial charge in [-0.3, -0.25) is 4.79 Å². The summed E-state index contributed by atoms with van der Waals surface area (Å²) >= 11 is 3.94. The Bertz CT molecular complexity index is 371. The van der Waals surface area contributed by atoms with Gasteiger partial charge in [-0.05, 0) is 18.2 Å². The molecule has 3 nitrogen and oxygen atoms in total. The number of carbonyl (C=O) groups excluding carboxylic acids is 1. The third-order valence-corrected chi connectivity index (χ3v) is 1.54. The molecule has 0 unspecified atom stereocenters. The monoisotopic (exact) mass is 288 g/mol. The summed E-state index contributed by atoms with van der Waals surface area (Å²) in [5, 5.41) is 0. The average molecular weight is 289 g/mol. The normalized spacial score (nSPS) is 9.78. The largest absolute Gasteiger partial charge is 0.493 e. The van der Waals surface area contributed by atoms with E-state index in [1.807, 2.05) is 0 Å². The summed E-state index contributed by atoms with van der Waals surface area (Å²) in [6.07, 6.45) is 0.592. The van der Waals surface area contributed by atoms with Crippen molar-refractivity contribution >= 4 is 17.9 Å². The average Bonchev–Trinajstić information content (AvgIpc) is 2.28. The van der Waals surface area contributed by atoms with E-state index >= 15 is 0 Å². The maximum atomic E-state index is 11.9. The second-order valence-corrected chi connectivity index (χ2v) is 2.98. The molecule has 18 heavy (non-hydrogen) atoms. The molecule has 0 aliphatic carbocycles. The van der Waals surface area contributed by atoms with Crippen molar-refractivity contribution in [2.45, 2.75) is 12.5 Å².